The second-order valence-corrected chi connectivity index (χ2v) is 9.22. The number of ketones is 1. The van der Waals surface area contributed by atoms with Crippen molar-refractivity contribution < 1.29 is 28.3 Å². The van der Waals surface area contributed by atoms with Crippen molar-refractivity contribution in [1.29, 1.82) is 0 Å². The summed E-state index contributed by atoms with van der Waals surface area (Å²) < 4.78 is 19.8. The fourth-order valence-electron chi connectivity index (χ4n) is 4.20. The van der Waals surface area contributed by atoms with Gasteiger partial charge in [-0.15, -0.1) is 0 Å². The number of halogens is 1. The minimum atomic E-state index is -1.36. The lowest BCUT2D eigenvalue weighted by molar-refractivity contribution is -0.149. The summed E-state index contributed by atoms with van der Waals surface area (Å²) >= 11 is 0. The summed E-state index contributed by atoms with van der Waals surface area (Å²) in [7, 11) is 0. The summed E-state index contributed by atoms with van der Waals surface area (Å²) in [5.41, 5.74) is 1.48. The predicted octanol–water partition coefficient (Wildman–Crippen LogP) is 4.46. The zero-order valence-electron chi connectivity index (χ0n) is 20.4. The number of esters is 1. The molecule has 3 rings (SSSR count). The number of amides is 1. The Labute approximate surface area is 203 Å². The summed E-state index contributed by atoms with van der Waals surface area (Å²) in [6.45, 7) is 5.56. The minimum Gasteiger partial charge on any atom is -0.463 e. The first-order valence-corrected chi connectivity index (χ1v) is 11.7. The van der Waals surface area contributed by atoms with Crippen molar-refractivity contribution in [3.8, 4) is 0 Å². The number of para-hydroxylation sites is 2. The number of nitrogens with one attached hydrogen (secondary N) is 1. The predicted molar refractivity (Wildman–Crippen MR) is 132 cm³/mol. The van der Waals surface area contributed by atoms with Crippen LogP contribution in [0.5, 0.6) is 0 Å². The molecule has 0 aliphatic heterocycles. The van der Waals surface area contributed by atoms with Gasteiger partial charge in [0.1, 0.15) is 12.7 Å². The van der Waals surface area contributed by atoms with Gasteiger partial charge in [0.25, 0.3) is 0 Å². The van der Waals surface area contributed by atoms with Gasteiger partial charge < -0.3 is 10.1 Å². The second-order valence-electron chi connectivity index (χ2n) is 9.22. The van der Waals surface area contributed by atoms with Crippen molar-refractivity contribution in [1.82, 2.24) is 9.88 Å². The zero-order chi connectivity index (χ0) is 25.7. The lowest BCUT2D eigenvalue weighted by Gasteiger charge is -2.23. The summed E-state index contributed by atoms with van der Waals surface area (Å²) in [5.74, 6) is -3.54. The molecule has 0 radical (unpaired) electrons. The molecule has 2 aromatic carbocycles. The SMILES string of the molecule is CC(C)OC(=O)CC(NC(=O)[C@@H](CC(=O)n1c2ccccc2c2ccccc21)C(C)C)C(=O)CF. The van der Waals surface area contributed by atoms with E-state index < -0.39 is 48.8 Å². The van der Waals surface area contributed by atoms with Gasteiger partial charge in [0, 0.05) is 23.1 Å². The Morgan fingerprint density at radius 3 is 1.91 bits per heavy atom. The maximum Gasteiger partial charge on any atom is 0.308 e. The molecular formula is C27H31FN2O5. The molecule has 1 N–H and O–H groups in total. The van der Waals surface area contributed by atoms with Crippen molar-refractivity contribution in [2.75, 3.05) is 6.67 Å². The molecule has 0 fully saturated rings. The molecule has 186 valence electrons. The third kappa shape index (κ3) is 5.93. The third-order valence-corrected chi connectivity index (χ3v) is 5.94. The monoisotopic (exact) mass is 482 g/mol. The van der Waals surface area contributed by atoms with E-state index in [1.807, 2.05) is 48.5 Å². The van der Waals surface area contributed by atoms with E-state index in [0.717, 1.165) is 21.8 Å². The topological polar surface area (TPSA) is 94.5 Å². The lowest BCUT2D eigenvalue weighted by Crippen LogP contribution is -2.47. The molecule has 1 heterocycles. The maximum atomic E-state index is 13.5. The smallest absolute Gasteiger partial charge is 0.308 e. The zero-order valence-corrected chi connectivity index (χ0v) is 20.4. The van der Waals surface area contributed by atoms with Crippen LogP contribution >= 0.6 is 0 Å². The van der Waals surface area contributed by atoms with Gasteiger partial charge in [-0.3, -0.25) is 23.7 Å². The second kappa shape index (κ2) is 11.3. The number of ether oxygens (including phenoxy) is 1. The molecule has 2 atom stereocenters. The molecule has 7 nitrogen and oxygen atoms in total. The van der Waals surface area contributed by atoms with Crippen molar-refractivity contribution >= 4 is 45.4 Å². The Kier molecular flexibility index (Phi) is 8.38. The van der Waals surface area contributed by atoms with Gasteiger partial charge in [-0.1, -0.05) is 50.2 Å². The number of Topliss-reactive ketones (excluding diaryl/α,β-unsaturated/α-hetero) is 1. The first-order valence-electron chi connectivity index (χ1n) is 11.7. The van der Waals surface area contributed by atoms with Gasteiger partial charge in [0.05, 0.1) is 23.6 Å². The van der Waals surface area contributed by atoms with Crippen LogP contribution in [0.15, 0.2) is 48.5 Å². The number of nitrogens with zero attached hydrogens (tertiary/aromatic N) is 1. The first kappa shape index (κ1) is 26.1. The molecular weight excluding hydrogens is 451 g/mol. The lowest BCUT2D eigenvalue weighted by atomic mass is 9.90. The van der Waals surface area contributed by atoms with Gasteiger partial charge in [0.2, 0.25) is 11.8 Å². The van der Waals surface area contributed by atoms with E-state index in [9.17, 15) is 23.6 Å². The van der Waals surface area contributed by atoms with Gasteiger partial charge in [-0.05, 0) is 31.9 Å². The van der Waals surface area contributed by atoms with E-state index in [1.165, 1.54) is 0 Å². The Balaban J connectivity index is 1.86. The number of hydrogen-bond acceptors (Lipinski definition) is 5. The van der Waals surface area contributed by atoms with Gasteiger partial charge in [0.15, 0.2) is 5.78 Å². The number of aromatic nitrogens is 1. The van der Waals surface area contributed by atoms with Crippen LogP contribution in [0.3, 0.4) is 0 Å². The highest BCUT2D eigenvalue weighted by Gasteiger charge is 2.32. The van der Waals surface area contributed by atoms with Crippen LogP contribution in [0.25, 0.3) is 21.8 Å². The quantitative estimate of drug-likeness (QED) is 0.431. The molecule has 1 amide bonds. The number of benzene rings is 2. The standard InChI is InChI=1S/C27H31FN2O5/c1-16(2)20(27(34)29-21(24(31)15-28)14-26(33)35-17(3)4)13-25(32)30-22-11-7-5-9-18(22)19-10-6-8-12-23(19)30/h5-12,16-17,20-21H,13-15H2,1-4H3,(H,29,34)/t20-,21?/m0/s1. The van der Waals surface area contributed by atoms with E-state index in [0.29, 0.717) is 0 Å². The van der Waals surface area contributed by atoms with E-state index in [-0.39, 0.29) is 18.2 Å². The average molecular weight is 483 g/mol. The molecule has 3 aromatic rings. The van der Waals surface area contributed by atoms with Gasteiger partial charge >= 0.3 is 5.97 Å². The van der Waals surface area contributed by atoms with Crippen LogP contribution in [0.1, 0.15) is 45.3 Å². The largest absolute Gasteiger partial charge is 0.463 e. The van der Waals surface area contributed by atoms with Crippen molar-refractivity contribution in [3.05, 3.63) is 48.5 Å². The van der Waals surface area contributed by atoms with Crippen molar-refractivity contribution in [2.24, 2.45) is 11.8 Å². The van der Waals surface area contributed by atoms with Crippen LogP contribution in [0.4, 0.5) is 4.39 Å². The normalized spacial score (nSPS) is 13.2. The molecule has 0 bridgehead atoms. The molecule has 0 saturated carbocycles. The highest BCUT2D eigenvalue weighted by atomic mass is 19.1. The number of fused-ring (bicyclic) bond motifs is 3. The van der Waals surface area contributed by atoms with Crippen molar-refractivity contribution in [3.63, 3.8) is 0 Å². The van der Waals surface area contributed by atoms with Crippen LogP contribution in [-0.2, 0) is 19.1 Å². The van der Waals surface area contributed by atoms with Gasteiger partial charge in [-0.2, -0.15) is 0 Å². The average Bonchev–Trinajstić information content (AvgIpc) is 3.15. The molecule has 0 aliphatic rings. The minimum absolute atomic E-state index is 0.126. The maximum absolute atomic E-state index is 13.5. The molecule has 1 aromatic heterocycles. The van der Waals surface area contributed by atoms with Crippen LogP contribution in [0.2, 0.25) is 0 Å². The number of alkyl halides is 1. The van der Waals surface area contributed by atoms with Crippen LogP contribution in [-0.4, -0.2) is 47.0 Å². The summed E-state index contributed by atoms with van der Waals surface area (Å²) in [6.07, 6.45) is -1.01. The Morgan fingerprint density at radius 2 is 1.43 bits per heavy atom. The molecule has 0 spiro atoms. The van der Waals surface area contributed by atoms with Crippen molar-refractivity contribution in [2.45, 2.75) is 52.7 Å². The third-order valence-electron chi connectivity index (χ3n) is 5.94. The Bertz CT molecular complexity index is 1190. The number of rotatable bonds is 10. The highest BCUT2D eigenvalue weighted by molar-refractivity contribution is 6.13. The van der Waals surface area contributed by atoms with E-state index in [1.54, 1.807) is 32.3 Å². The van der Waals surface area contributed by atoms with Crippen LogP contribution in [0, 0.1) is 11.8 Å². The number of hydrogen-bond donors (Lipinski definition) is 1. The molecule has 1 unspecified atom stereocenters. The van der Waals surface area contributed by atoms with E-state index in [2.05, 4.69) is 5.32 Å². The van der Waals surface area contributed by atoms with Crippen LogP contribution < -0.4 is 5.32 Å². The molecule has 35 heavy (non-hydrogen) atoms. The molecule has 0 saturated heterocycles. The fraction of sp³-hybridized carbons (Fsp3) is 0.407. The number of carbonyl (C=O) groups is 4. The summed E-state index contributed by atoms with van der Waals surface area (Å²) in [4.78, 5) is 50.8. The highest BCUT2D eigenvalue weighted by Crippen LogP contribution is 2.30. The molecule has 0 aliphatic carbocycles. The molecule has 8 heteroatoms. The van der Waals surface area contributed by atoms with E-state index in [4.69, 9.17) is 4.74 Å². The Hall–Kier alpha value is -3.55. The van der Waals surface area contributed by atoms with Gasteiger partial charge in [-0.25, -0.2) is 4.39 Å². The van der Waals surface area contributed by atoms with E-state index >= 15 is 0 Å². The summed E-state index contributed by atoms with van der Waals surface area (Å²) in [6, 6.07) is 13.7. The number of carbonyl (C=O) groups excluding carboxylic acids is 4. The first-order chi connectivity index (χ1) is 16.6. The summed E-state index contributed by atoms with van der Waals surface area (Å²) in [5, 5.41) is 4.35. The fourth-order valence-corrected chi connectivity index (χ4v) is 4.20. The Morgan fingerprint density at radius 1 is 0.886 bits per heavy atom.